The van der Waals surface area contributed by atoms with E-state index in [1.165, 1.54) is 0 Å². The first-order chi connectivity index (χ1) is 8.58. The average molecular weight is 259 g/mol. The minimum Gasteiger partial charge on any atom is -0.324 e. The number of piperazine rings is 1. The molecule has 1 unspecified atom stereocenters. The van der Waals surface area contributed by atoms with Crippen molar-refractivity contribution in [2.75, 3.05) is 25.0 Å². The predicted octanol–water partition coefficient (Wildman–Crippen LogP) is 0.604. The fourth-order valence-corrected chi connectivity index (χ4v) is 1.70. The summed E-state index contributed by atoms with van der Waals surface area (Å²) in [6.45, 7) is 1.81. The zero-order valence-electron chi connectivity index (χ0n) is 9.40. The van der Waals surface area contributed by atoms with Crippen LogP contribution in [0, 0.1) is 17.5 Å². The van der Waals surface area contributed by atoms with E-state index in [9.17, 15) is 18.0 Å². The van der Waals surface area contributed by atoms with Gasteiger partial charge in [0.15, 0.2) is 17.5 Å². The van der Waals surface area contributed by atoms with Crippen LogP contribution in [-0.2, 0) is 4.79 Å². The van der Waals surface area contributed by atoms with Crippen molar-refractivity contribution in [2.45, 2.75) is 6.04 Å². The summed E-state index contributed by atoms with van der Waals surface area (Å²) in [6, 6.07) is 1.01. The number of hydrogen-bond acceptors (Lipinski definition) is 3. The summed E-state index contributed by atoms with van der Waals surface area (Å²) in [4.78, 5) is 11.7. The minimum absolute atomic E-state index is 0.108. The molecular formula is C11H12F3N3O. The Morgan fingerprint density at radius 1 is 1.22 bits per heavy atom. The Kier molecular flexibility index (Phi) is 3.83. The van der Waals surface area contributed by atoms with Crippen LogP contribution in [0.1, 0.15) is 0 Å². The number of rotatable bonds is 2. The van der Waals surface area contributed by atoms with Crippen LogP contribution < -0.4 is 16.0 Å². The van der Waals surface area contributed by atoms with Crippen molar-refractivity contribution >= 4 is 11.6 Å². The molecule has 18 heavy (non-hydrogen) atoms. The predicted molar refractivity (Wildman–Crippen MR) is 59.6 cm³/mol. The molecule has 1 fully saturated rings. The van der Waals surface area contributed by atoms with E-state index in [0.29, 0.717) is 13.1 Å². The van der Waals surface area contributed by atoms with E-state index in [4.69, 9.17) is 0 Å². The first kappa shape index (κ1) is 12.8. The lowest BCUT2D eigenvalue weighted by atomic mass is 10.2. The molecule has 1 aromatic carbocycles. The second-order valence-electron chi connectivity index (χ2n) is 3.95. The molecule has 98 valence electrons. The maximum absolute atomic E-state index is 12.9. The van der Waals surface area contributed by atoms with Gasteiger partial charge < -0.3 is 16.0 Å². The summed E-state index contributed by atoms with van der Waals surface area (Å²) in [7, 11) is 0. The normalized spacial score (nSPS) is 19.6. The minimum atomic E-state index is -1.55. The molecule has 1 aliphatic heterocycles. The molecule has 2 rings (SSSR count). The summed E-state index contributed by atoms with van der Waals surface area (Å²) in [5, 5.41) is 8.28. The molecule has 0 saturated carbocycles. The van der Waals surface area contributed by atoms with Crippen molar-refractivity contribution in [3.8, 4) is 0 Å². The van der Waals surface area contributed by atoms with Gasteiger partial charge in [0.05, 0.1) is 6.04 Å². The zero-order valence-corrected chi connectivity index (χ0v) is 9.40. The molecule has 1 aliphatic rings. The van der Waals surface area contributed by atoms with Crippen molar-refractivity contribution in [1.29, 1.82) is 0 Å². The first-order valence-corrected chi connectivity index (χ1v) is 5.47. The maximum atomic E-state index is 12.9. The van der Waals surface area contributed by atoms with E-state index in [1.807, 2.05) is 0 Å². The highest BCUT2D eigenvalue weighted by Gasteiger charge is 2.21. The Hall–Kier alpha value is -1.60. The molecule has 1 atom stereocenters. The molecule has 0 bridgehead atoms. The number of benzene rings is 1. The highest BCUT2D eigenvalue weighted by atomic mass is 19.2. The lowest BCUT2D eigenvalue weighted by Crippen LogP contribution is -2.54. The molecule has 0 radical (unpaired) electrons. The van der Waals surface area contributed by atoms with Gasteiger partial charge in [-0.15, -0.1) is 0 Å². The van der Waals surface area contributed by atoms with Gasteiger partial charge in [-0.1, -0.05) is 0 Å². The van der Waals surface area contributed by atoms with Crippen LogP contribution in [0.2, 0.25) is 0 Å². The molecule has 1 heterocycles. The summed E-state index contributed by atoms with van der Waals surface area (Å²) in [6.07, 6.45) is 0. The van der Waals surface area contributed by atoms with Gasteiger partial charge in [-0.25, -0.2) is 13.2 Å². The Morgan fingerprint density at radius 3 is 2.44 bits per heavy atom. The molecule has 1 aromatic rings. The van der Waals surface area contributed by atoms with E-state index >= 15 is 0 Å². The number of carbonyl (C=O) groups is 1. The van der Waals surface area contributed by atoms with Gasteiger partial charge in [-0.05, 0) is 0 Å². The number of hydrogen-bond donors (Lipinski definition) is 3. The highest BCUT2D eigenvalue weighted by Crippen LogP contribution is 2.17. The van der Waals surface area contributed by atoms with Gasteiger partial charge in [-0.2, -0.15) is 0 Å². The fraction of sp³-hybridized carbons (Fsp3) is 0.364. The third-order valence-electron chi connectivity index (χ3n) is 2.61. The van der Waals surface area contributed by atoms with Gasteiger partial charge in [0.25, 0.3) is 0 Å². The van der Waals surface area contributed by atoms with E-state index in [0.717, 1.165) is 18.7 Å². The summed E-state index contributed by atoms with van der Waals surface area (Å²) in [5.74, 6) is -4.64. The van der Waals surface area contributed by atoms with Crippen molar-refractivity contribution in [3.05, 3.63) is 29.6 Å². The Balaban J connectivity index is 2.06. The molecular weight excluding hydrogens is 247 g/mol. The van der Waals surface area contributed by atoms with Crippen molar-refractivity contribution in [1.82, 2.24) is 10.6 Å². The molecule has 7 heteroatoms. The molecule has 4 nitrogen and oxygen atoms in total. The Labute approximate surface area is 102 Å². The second-order valence-corrected chi connectivity index (χ2v) is 3.95. The molecule has 3 N–H and O–H groups in total. The van der Waals surface area contributed by atoms with Gasteiger partial charge in [0, 0.05) is 37.5 Å². The Bertz CT molecular complexity index is 438. The average Bonchev–Trinajstić information content (AvgIpc) is 2.37. The topological polar surface area (TPSA) is 53.2 Å². The lowest BCUT2D eigenvalue weighted by molar-refractivity contribution is -0.118. The molecule has 1 amide bonds. The first-order valence-electron chi connectivity index (χ1n) is 5.47. The van der Waals surface area contributed by atoms with Crippen LogP contribution in [0.15, 0.2) is 12.1 Å². The fourth-order valence-electron chi connectivity index (χ4n) is 1.70. The quantitative estimate of drug-likeness (QED) is 0.682. The highest BCUT2D eigenvalue weighted by molar-refractivity contribution is 5.95. The standard InChI is InChI=1S/C11H12F3N3O/c12-7-3-6(4-8(13)10(7)14)17-11(18)9-5-15-1-2-16-9/h3-4,9,15-16H,1-2,5H2,(H,17,18). The van der Waals surface area contributed by atoms with E-state index in [1.54, 1.807) is 0 Å². The second kappa shape index (κ2) is 5.36. The smallest absolute Gasteiger partial charge is 0.242 e. The summed E-state index contributed by atoms with van der Waals surface area (Å²) < 4.78 is 38.6. The summed E-state index contributed by atoms with van der Waals surface area (Å²) >= 11 is 0. The van der Waals surface area contributed by atoms with Crippen LogP contribution in [0.3, 0.4) is 0 Å². The van der Waals surface area contributed by atoms with Gasteiger partial charge in [-0.3, -0.25) is 4.79 Å². The number of anilines is 1. The molecule has 0 spiro atoms. The SMILES string of the molecule is O=C(Nc1cc(F)c(F)c(F)c1)C1CNCCN1. The molecule has 1 saturated heterocycles. The van der Waals surface area contributed by atoms with Crippen molar-refractivity contribution < 1.29 is 18.0 Å². The van der Waals surface area contributed by atoms with E-state index in [-0.39, 0.29) is 5.69 Å². The van der Waals surface area contributed by atoms with Crippen LogP contribution in [0.4, 0.5) is 18.9 Å². The van der Waals surface area contributed by atoms with E-state index < -0.39 is 29.4 Å². The zero-order chi connectivity index (χ0) is 13.1. The monoisotopic (exact) mass is 259 g/mol. The molecule has 0 aromatic heterocycles. The number of halogens is 3. The summed E-state index contributed by atoms with van der Waals surface area (Å²) in [5.41, 5.74) is -0.108. The number of carbonyl (C=O) groups excluding carboxylic acids is 1. The van der Waals surface area contributed by atoms with Gasteiger partial charge in [0.2, 0.25) is 5.91 Å². The number of amides is 1. The van der Waals surface area contributed by atoms with Crippen LogP contribution in [0.25, 0.3) is 0 Å². The van der Waals surface area contributed by atoms with Gasteiger partial charge >= 0.3 is 0 Å². The van der Waals surface area contributed by atoms with Crippen LogP contribution in [0.5, 0.6) is 0 Å². The third-order valence-corrected chi connectivity index (χ3v) is 2.61. The number of nitrogens with one attached hydrogen (secondary N) is 3. The molecule has 0 aliphatic carbocycles. The third kappa shape index (κ3) is 2.80. The lowest BCUT2D eigenvalue weighted by Gasteiger charge is -2.23. The van der Waals surface area contributed by atoms with Crippen molar-refractivity contribution in [3.63, 3.8) is 0 Å². The largest absolute Gasteiger partial charge is 0.324 e. The van der Waals surface area contributed by atoms with E-state index in [2.05, 4.69) is 16.0 Å². The van der Waals surface area contributed by atoms with Gasteiger partial charge in [0.1, 0.15) is 0 Å². The van der Waals surface area contributed by atoms with Crippen LogP contribution >= 0.6 is 0 Å². The maximum Gasteiger partial charge on any atom is 0.242 e. The van der Waals surface area contributed by atoms with Crippen LogP contribution in [-0.4, -0.2) is 31.6 Å². The Morgan fingerprint density at radius 2 is 1.89 bits per heavy atom. The van der Waals surface area contributed by atoms with Crippen molar-refractivity contribution in [2.24, 2.45) is 0 Å².